The van der Waals surface area contributed by atoms with Crippen LogP contribution in [0.15, 0.2) is 54.6 Å². The molecule has 0 aliphatic carbocycles. The van der Waals surface area contributed by atoms with Crippen molar-refractivity contribution >= 4 is 23.5 Å². The Kier molecular flexibility index (Phi) is 6.43. The van der Waals surface area contributed by atoms with Gasteiger partial charge < -0.3 is 20.4 Å². The van der Waals surface area contributed by atoms with Gasteiger partial charge in [-0.1, -0.05) is 30.3 Å². The summed E-state index contributed by atoms with van der Waals surface area (Å²) in [4.78, 5) is 40.2. The van der Waals surface area contributed by atoms with Gasteiger partial charge >= 0.3 is 6.03 Å². The summed E-state index contributed by atoms with van der Waals surface area (Å²) in [6.07, 6.45) is 0. The predicted octanol–water partition coefficient (Wildman–Crippen LogP) is 2.21. The molecule has 1 aliphatic rings. The van der Waals surface area contributed by atoms with Crippen molar-refractivity contribution in [2.24, 2.45) is 0 Å². The molecular formula is C21H23FN4O3. The number of anilines is 1. The molecule has 1 aliphatic heterocycles. The number of hydrogen-bond donors (Lipinski definition) is 2. The van der Waals surface area contributed by atoms with Gasteiger partial charge in [0.1, 0.15) is 11.9 Å². The summed E-state index contributed by atoms with van der Waals surface area (Å²) in [5, 5.41) is 5.52. The summed E-state index contributed by atoms with van der Waals surface area (Å²) in [6, 6.07) is 13.7. The number of amides is 4. The lowest BCUT2D eigenvalue weighted by Crippen LogP contribution is -2.61. The van der Waals surface area contributed by atoms with Gasteiger partial charge in [-0.25, -0.2) is 9.18 Å². The van der Waals surface area contributed by atoms with Gasteiger partial charge in [0.2, 0.25) is 11.8 Å². The molecule has 2 aromatic carbocycles. The number of urea groups is 1. The molecule has 1 heterocycles. The van der Waals surface area contributed by atoms with E-state index in [9.17, 15) is 18.8 Å². The first kappa shape index (κ1) is 20.3. The number of nitrogens with one attached hydrogen (secondary N) is 2. The molecule has 4 amide bonds. The Labute approximate surface area is 168 Å². The molecule has 2 N–H and O–H groups in total. The van der Waals surface area contributed by atoms with E-state index >= 15 is 0 Å². The van der Waals surface area contributed by atoms with E-state index in [0.29, 0.717) is 18.8 Å². The highest BCUT2D eigenvalue weighted by molar-refractivity contribution is 5.92. The van der Waals surface area contributed by atoms with Crippen molar-refractivity contribution in [2.45, 2.75) is 19.5 Å². The molecule has 0 bridgehead atoms. The van der Waals surface area contributed by atoms with E-state index in [0.717, 1.165) is 5.56 Å². The van der Waals surface area contributed by atoms with Crippen molar-refractivity contribution in [2.75, 3.05) is 25.0 Å². The largest absolute Gasteiger partial charge is 0.350 e. The van der Waals surface area contributed by atoms with E-state index in [1.165, 1.54) is 41.0 Å². The molecule has 0 saturated carbocycles. The van der Waals surface area contributed by atoms with Crippen LogP contribution < -0.4 is 10.6 Å². The number of rotatable bonds is 4. The van der Waals surface area contributed by atoms with Gasteiger partial charge in [-0.2, -0.15) is 0 Å². The smallest absolute Gasteiger partial charge is 0.321 e. The molecule has 1 fully saturated rings. The summed E-state index contributed by atoms with van der Waals surface area (Å²) < 4.78 is 13.0. The van der Waals surface area contributed by atoms with Crippen LogP contribution in [-0.2, 0) is 16.1 Å². The second-order valence-corrected chi connectivity index (χ2v) is 6.81. The van der Waals surface area contributed by atoms with E-state index in [4.69, 9.17) is 0 Å². The van der Waals surface area contributed by atoms with Crippen molar-refractivity contribution < 1.29 is 18.8 Å². The van der Waals surface area contributed by atoms with E-state index in [1.54, 1.807) is 0 Å². The van der Waals surface area contributed by atoms with E-state index in [1.807, 2.05) is 30.3 Å². The van der Waals surface area contributed by atoms with Crippen LogP contribution in [0.25, 0.3) is 0 Å². The van der Waals surface area contributed by atoms with Gasteiger partial charge in [0.25, 0.3) is 0 Å². The molecule has 0 radical (unpaired) electrons. The normalized spacial score (nSPS) is 16.3. The number of nitrogens with zero attached hydrogens (tertiary/aromatic N) is 2. The average Bonchev–Trinajstić information content (AvgIpc) is 2.73. The van der Waals surface area contributed by atoms with Gasteiger partial charge in [0.15, 0.2) is 0 Å². The number of hydrogen-bond acceptors (Lipinski definition) is 3. The molecule has 1 unspecified atom stereocenters. The van der Waals surface area contributed by atoms with Crippen molar-refractivity contribution in [1.82, 2.24) is 15.1 Å². The summed E-state index contributed by atoms with van der Waals surface area (Å²) in [7, 11) is 0. The Balaban J connectivity index is 1.64. The molecule has 1 atom stereocenters. The van der Waals surface area contributed by atoms with Gasteiger partial charge in [-0.15, -0.1) is 0 Å². The van der Waals surface area contributed by atoms with Crippen LogP contribution in [0.4, 0.5) is 14.9 Å². The number of halogens is 1. The molecule has 3 rings (SSSR count). The van der Waals surface area contributed by atoms with Crippen LogP contribution in [-0.4, -0.2) is 53.3 Å². The molecule has 8 heteroatoms. The van der Waals surface area contributed by atoms with Gasteiger partial charge in [0, 0.05) is 32.2 Å². The fourth-order valence-electron chi connectivity index (χ4n) is 3.21. The van der Waals surface area contributed by atoms with Crippen molar-refractivity contribution in [3.63, 3.8) is 0 Å². The zero-order valence-corrected chi connectivity index (χ0v) is 16.1. The fourth-order valence-corrected chi connectivity index (χ4v) is 3.21. The lowest BCUT2D eigenvalue weighted by Gasteiger charge is -2.40. The van der Waals surface area contributed by atoms with Crippen LogP contribution in [0.2, 0.25) is 0 Å². The minimum absolute atomic E-state index is 0.0766. The van der Waals surface area contributed by atoms with Crippen LogP contribution in [0.1, 0.15) is 12.5 Å². The summed E-state index contributed by atoms with van der Waals surface area (Å²) in [6.45, 7) is 2.38. The SMILES string of the molecule is CC(=O)N1CCN(C(=O)Nc2ccc(F)cc2)CC1C(=O)NCc1ccccc1. The topological polar surface area (TPSA) is 81.8 Å². The molecule has 152 valence electrons. The molecule has 2 aromatic rings. The minimum Gasteiger partial charge on any atom is -0.350 e. The highest BCUT2D eigenvalue weighted by Gasteiger charge is 2.35. The molecule has 1 saturated heterocycles. The third kappa shape index (κ3) is 5.31. The third-order valence-electron chi connectivity index (χ3n) is 4.78. The number of piperazine rings is 1. The summed E-state index contributed by atoms with van der Waals surface area (Å²) in [5.74, 6) is -0.931. The Morgan fingerprint density at radius 2 is 1.72 bits per heavy atom. The lowest BCUT2D eigenvalue weighted by atomic mass is 10.1. The first-order chi connectivity index (χ1) is 13.9. The third-order valence-corrected chi connectivity index (χ3v) is 4.78. The molecule has 0 aromatic heterocycles. The maximum Gasteiger partial charge on any atom is 0.321 e. The summed E-state index contributed by atoms with van der Waals surface area (Å²) >= 11 is 0. The minimum atomic E-state index is -0.774. The Hall–Kier alpha value is -3.42. The maximum atomic E-state index is 13.0. The second-order valence-electron chi connectivity index (χ2n) is 6.81. The monoisotopic (exact) mass is 398 g/mol. The number of carbonyl (C=O) groups excluding carboxylic acids is 3. The standard InChI is InChI=1S/C21H23FN4O3/c1-15(27)26-12-11-25(21(29)24-18-9-7-17(22)8-10-18)14-19(26)20(28)23-13-16-5-3-2-4-6-16/h2-10,19H,11-14H2,1H3,(H,23,28)(H,24,29). The fraction of sp³-hybridized carbons (Fsp3) is 0.286. The average molecular weight is 398 g/mol. The first-order valence-corrected chi connectivity index (χ1v) is 9.34. The van der Waals surface area contributed by atoms with Crippen molar-refractivity contribution in [3.8, 4) is 0 Å². The van der Waals surface area contributed by atoms with Gasteiger partial charge in [-0.3, -0.25) is 9.59 Å². The van der Waals surface area contributed by atoms with Gasteiger partial charge in [-0.05, 0) is 29.8 Å². The maximum absolute atomic E-state index is 13.0. The predicted molar refractivity (Wildman–Crippen MR) is 106 cm³/mol. The van der Waals surface area contributed by atoms with E-state index in [-0.39, 0.29) is 24.9 Å². The highest BCUT2D eigenvalue weighted by Crippen LogP contribution is 2.14. The van der Waals surface area contributed by atoms with Gasteiger partial charge in [0.05, 0.1) is 6.54 Å². The summed E-state index contributed by atoms with van der Waals surface area (Å²) in [5.41, 5.74) is 1.40. The molecular weight excluding hydrogens is 375 g/mol. The van der Waals surface area contributed by atoms with Crippen LogP contribution in [0.5, 0.6) is 0 Å². The Bertz CT molecular complexity index is 873. The van der Waals surface area contributed by atoms with E-state index in [2.05, 4.69) is 10.6 Å². The second kappa shape index (κ2) is 9.18. The number of benzene rings is 2. The first-order valence-electron chi connectivity index (χ1n) is 9.34. The zero-order chi connectivity index (χ0) is 20.8. The highest BCUT2D eigenvalue weighted by atomic mass is 19.1. The molecule has 7 nitrogen and oxygen atoms in total. The Morgan fingerprint density at radius 3 is 2.38 bits per heavy atom. The van der Waals surface area contributed by atoms with Crippen LogP contribution in [0.3, 0.4) is 0 Å². The van der Waals surface area contributed by atoms with E-state index < -0.39 is 17.9 Å². The number of carbonyl (C=O) groups is 3. The lowest BCUT2D eigenvalue weighted by molar-refractivity contribution is -0.141. The van der Waals surface area contributed by atoms with Crippen LogP contribution in [0, 0.1) is 5.82 Å². The zero-order valence-electron chi connectivity index (χ0n) is 16.1. The quantitative estimate of drug-likeness (QED) is 0.829. The van der Waals surface area contributed by atoms with Crippen molar-refractivity contribution in [3.05, 3.63) is 66.0 Å². The molecule has 29 heavy (non-hydrogen) atoms. The van der Waals surface area contributed by atoms with Crippen molar-refractivity contribution in [1.29, 1.82) is 0 Å². The molecule has 0 spiro atoms. The Morgan fingerprint density at radius 1 is 1.03 bits per heavy atom. The van der Waals surface area contributed by atoms with Crippen LogP contribution >= 0.6 is 0 Å².